The zero-order valence-electron chi connectivity index (χ0n) is 16.6. The van der Waals surface area contributed by atoms with Gasteiger partial charge in [0.1, 0.15) is 5.69 Å². The number of amides is 1. The van der Waals surface area contributed by atoms with Gasteiger partial charge in [0, 0.05) is 52.5 Å². The summed E-state index contributed by atoms with van der Waals surface area (Å²) in [4.78, 5) is 28.0. The molecular formula is C20H28N6O. The molecule has 144 valence electrons. The van der Waals surface area contributed by atoms with Gasteiger partial charge in [0.2, 0.25) is 5.95 Å². The number of nitrogens with zero attached hydrogens (tertiary/aromatic N) is 5. The summed E-state index contributed by atoms with van der Waals surface area (Å²) in [5.41, 5.74) is 2.19. The monoisotopic (exact) mass is 368 g/mol. The number of carbonyl (C=O) groups is 1. The molecule has 0 aliphatic carbocycles. The highest BCUT2D eigenvalue weighted by molar-refractivity contribution is 6.06. The molecule has 1 aromatic heterocycles. The van der Waals surface area contributed by atoms with E-state index in [1.807, 2.05) is 56.2 Å². The van der Waals surface area contributed by atoms with Crippen LogP contribution < -0.4 is 20.0 Å². The van der Waals surface area contributed by atoms with Gasteiger partial charge in [-0.3, -0.25) is 4.79 Å². The molecule has 2 aromatic rings. The number of anilines is 4. The quantitative estimate of drug-likeness (QED) is 0.875. The second-order valence-corrected chi connectivity index (χ2v) is 7.25. The minimum absolute atomic E-state index is 0.170. The molecule has 0 atom stereocenters. The highest BCUT2D eigenvalue weighted by Crippen LogP contribution is 2.26. The van der Waals surface area contributed by atoms with Crippen LogP contribution in [0.5, 0.6) is 0 Å². The first kappa shape index (κ1) is 18.9. The van der Waals surface area contributed by atoms with Crippen LogP contribution in [0.25, 0.3) is 0 Å². The third-order valence-corrected chi connectivity index (χ3v) is 4.69. The molecule has 1 aliphatic heterocycles. The Morgan fingerprint density at radius 3 is 2.48 bits per heavy atom. The van der Waals surface area contributed by atoms with Crippen LogP contribution in [0, 0.1) is 0 Å². The Morgan fingerprint density at radius 2 is 1.81 bits per heavy atom. The van der Waals surface area contributed by atoms with Gasteiger partial charge in [0.05, 0.1) is 6.20 Å². The van der Waals surface area contributed by atoms with E-state index in [1.165, 1.54) is 19.3 Å². The summed E-state index contributed by atoms with van der Waals surface area (Å²) < 4.78 is 0. The van der Waals surface area contributed by atoms with Crippen LogP contribution in [0.4, 0.5) is 23.1 Å². The average Bonchev–Trinajstić information content (AvgIpc) is 2.68. The van der Waals surface area contributed by atoms with E-state index in [1.54, 1.807) is 12.3 Å². The topological polar surface area (TPSA) is 64.6 Å². The number of benzene rings is 1. The number of aromatic nitrogens is 2. The second-order valence-electron chi connectivity index (χ2n) is 7.25. The Bertz CT molecular complexity index is 799. The normalized spacial score (nSPS) is 14.0. The van der Waals surface area contributed by atoms with Gasteiger partial charge < -0.3 is 20.0 Å². The van der Waals surface area contributed by atoms with Gasteiger partial charge in [-0.15, -0.1) is 0 Å². The fourth-order valence-electron chi connectivity index (χ4n) is 3.16. The van der Waals surface area contributed by atoms with E-state index in [2.05, 4.69) is 15.2 Å². The van der Waals surface area contributed by atoms with Crippen molar-refractivity contribution in [2.75, 3.05) is 61.3 Å². The van der Waals surface area contributed by atoms with Crippen LogP contribution in [0.3, 0.4) is 0 Å². The maximum Gasteiger partial charge on any atom is 0.255 e. The smallest absolute Gasteiger partial charge is 0.255 e. The van der Waals surface area contributed by atoms with Crippen LogP contribution in [0.2, 0.25) is 0 Å². The highest BCUT2D eigenvalue weighted by Gasteiger charge is 2.18. The van der Waals surface area contributed by atoms with Crippen molar-refractivity contribution in [3.05, 3.63) is 36.0 Å². The van der Waals surface area contributed by atoms with Gasteiger partial charge >= 0.3 is 0 Å². The largest absolute Gasteiger partial charge is 0.378 e. The number of hydrogen-bond acceptors (Lipinski definition) is 6. The van der Waals surface area contributed by atoms with Crippen LogP contribution >= 0.6 is 0 Å². The number of piperidine rings is 1. The van der Waals surface area contributed by atoms with Crippen LogP contribution in [-0.4, -0.2) is 57.2 Å². The first-order valence-electron chi connectivity index (χ1n) is 9.34. The lowest BCUT2D eigenvalue weighted by Crippen LogP contribution is -2.31. The minimum Gasteiger partial charge on any atom is -0.378 e. The molecule has 0 bridgehead atoms. The maximum absolute atomic E-state index is 12.7. The van der Waals surface area contributed by atoms with Gasteiger partial charge in [-0.1, -0.05) is 6.07 Å². The molecule has 27 heavy (non-hydrogen) atoms. The molecule has 1 saturated heterocycles. The number of nitrogens with one attached hydrogen (secondary N) is 1. The molecule has 0 spiro atoms. The van der Waals surface area contributed by atoms with E-state index in [0.717, 1.165) is 24.7 Å². The predicted octanol–water partition coefficient (Wildman–Crippen LogP) is 2.85. The standard InChI is InChI=1S/C20H28N6O/c1-24(2)16-10-8-9-15(13-16)19(27)22-17-14-21-20(23-18(17)25(3)4)26-11-6-5-7-12-26/h8-10,13-14H,5-7,11-12H2,1-4H3,(H,22,27). The van der Waals surface area contributed by atoms with Crippen molar-refractivity contribution >= 4 is 29.0 Å². The fraction of sp³-hybridized carbons (Fsp3) is 0.450. The van der Waals surface area contributed by atoms with Crippen molar-refractivity contribution in [2.24, 2.45) is 0 Å². The summed E-state index contributed by atoms with van der Waals surface area (Å²) in [7, 11) is 7.75. The number of rotatable bonds is 5. The van der Waals surface area contributed by atoms with Crippen molar-refractivity contribution in [2.45, 2.75) is 19.3 Å². The first-order valence-corrected chi connectivity index (χ1v) is 9.34. The molecule has 1 fully saturated rings. The minimum atomic E-state index is -0.170. The molecule has 0 saturated carbocycles. The molecule has 2 heterocycles. The molecular weight excluding hydrogens is 340 g/mol. The van der Waals surface area contributed by atoms with E-state index >= 15 is 0 Å². The SMILES string of the molecule is CN(C)c1cccc(C(=O)Nc2cnc(N3CCCCC3)nc2N(C)C)c1. The van der Waals surface area contributed by atoms with Crippen molar-refractivity contribution in [1.29, 1.82) is 0 Å². The van der Waals surface area contributed by atoms with Gasteiger partial charge in [0.15, 0.2) is 5.82 Å². The molecule has 1 N–H and O–H groups in total. The number of hydrogen-bond donors (Lipinski definition) is 1. The molecule has 0 radical (unpaired) electrons. The summed E-state index contributed by atoms with van der Waals surface area (Å²) >= 11 is 0. The van der Waals surface area contributed by atoms with E-state index in [0.29, 0.717) is 17.1 Å². The molecule has 1 aliphatic rings. The summed E-state index contributed by atoms with van der Waals surface area (Å²) in [6, 6.07) is 7.53. The molecule has 1 amide bonds. The van der Waals surface area contributed by atoms with Gasteiger partial charge in [-0.25, -0.2) is 4.98 Å². The summed E-state index contributed by atoms with van der Waals surface area (Å²) in [5.74, 6) is 1.27. The van der Waals surface area contributed by atoms with E-state index in [4.69, 9.17) is 4.98 Å². The average molecular weight is 368 g/mol. The Morgan fingerprint density at radius 1 is 1.07 bits per heavy atom. The van der Waals surface area contributed by atoms with Crippen LogP contribution in [0.15, 0.2) is 30.5 Å². The Balaban J connectivity index is 1.83. The number of carbonyl (C=O) groups excluding carboxylic acids is 1. The molecule has 0 unspecified atom stereocenters. The van der Waals surface area contributed by atoms with E-state index < -0.39 is 0 Å². The van der Waals surface area contributed by atoms with Crippen LogP contribution in [0.1, 0.15) is 29.6 Å². The highest BCUT2D eigenvalue weighted by atomic mass is 16.1. The summed E-state index contributed by atoms with van der Waals surface area (Å²) in [5, 5.41) is 2.96. The van der Waals surface area contributed by atoms with Crippen molar-refractivity contribution < 1.29 is 4.79 Å². The van der Waals surface area contributed by atoms with E-state index in [-0.39, 0.29) is 5.91 Å². The van der Waals surface area contributed by atoms with Gasteiger partial charge in [-0.05, 0) is 37.5 Å². The Hall–Kier alpha value is -2.83. The zero-order chi connectivity index (χ0) is 19.4. The predicted molar refractivity (Wildman–Crippen MR) is 111 cm³/mol. The molecule has 7 nitrogen and oxygen atoms in total. The van der Waals surface area contributed by atoms with Crippen molar-refractivity contribution in [3.63, 3.8) is 0 Å². The Kier molecular flexibility index (Phi) is 5.78. The maximum atomic E-state index is 12.7. The lowest BCUT2D eigenvalue weighted by Gasteiger charge is -2.28. The van der Waals surface area contributed by atoms with Crippen molar-refractivity contribution in [3.8, 4) is 0 Å². The molecule has 7 heteroatoms. The van der Waals surface area contributed by atoms with Gasteiger partial charge in [0.25, 0.3) is 5.91 Å². The summed E-state index contributed by atoms with van der Waals surface area (Å²) in [6.07, 6.45) is 5.31. The van der Waals surface area contributed by atoms with Crippen LogP contribution in [-0.2, 0) is 0 Å². The second kappa shape index (κ2) is 8.24. The lowest BCUT2D eigenvalue weighted by molar-refractivity contribution is 0.102. The first-order chi connectivity index (χ1) is 13.0. The van der Waals surface area contributed by atoms with Crippen molar-refractivity contribution in [1.82, 2.24) is 9.97 Å². The lowest BCUT2D eigenvalue weighted by atomic mass is 10.1. The van der Waals surface area contributed by atoms with Gasteiger partial charge in [-0.2, -0.15) is 4.98 Å². The summed E-state index contributed by atoms with van der Waals surface area (Å²) in [6.45, 7) is 1.96. The third-order valence-electron chi connectivity index (χ3n) is 4.69. The zero-order valence-corrected chi connectivity index (χ0v) is 16.6. The van der Waals surface area contributed by atoms with E-state index in [9.17, 15) is 4.79 Å². The molecule has 1 aromatic carbocycles. The molecule has 3 rings (SSSR count). The third kappa shape index (κ3) is 4.48. The Labute approximate surface area is 161 Å². The fourth-order valence-corrected chi connectivity index (χ4v) is 3.16.